The van der Waals surface area contributed by atoms with E-state index in [0.717, 1.165) is 17.5 Å². The van der Waals surface area contributed by atoms with Crippen LogP contribution in [-0.2, 0) is 11.2 Å². The van der Waals surface area contributed by atoms with Crippen LogP contribution >= 0.6 is 0 Å². The second kappa shape index (κ2) is 2.76. The van der Waals surface area contributed by atoms with Crippen LogP contribution in [-0.4, -0.2) is 16.2 Å². The normalized spacial score (nSPS) is 19.8. The van der Waals surface area contributed by atoms with E-state index in [1.54, 1.807) is 18.2 Å². The van der Waals surface area contributed by atoms with Crippen LogP contribution in [0.1, 0.15) is 23.5 Å². The summed E-state index contributed by atoms with van der Waals surface area (Å²) in [5.74, 6) is -0.940. The fraction of sp³-hybridized carbons (Fsp3) is 0.300. The molecule has 0 aromatic heterocycles. The molecule has 3 nitrogen and oxygen atoms in total. The Balaban J connectivity index is 2.44. The van der Waals surface area contributed by atoms with Gasteiger partial charge < -0.3 is 10.2 Å². The lowest BCUT2D eigenvalue weighted by Gasteiger charge is -2.04. The maximum atomic E-state index is 10.8. The molecular weight excluding hydrogens is 168 g/mol. The van der Waals surface area contributed by atoms with Gasteiger partial charge in [-0.15, -0.1) is 0 Å². The molecule has 1 aromatic rings. The number of rotatable bonds is 1. The Kier molecular flexibility index (Phi) is 1.72. The number of phenols is 1. The first-order chi connectivity index (χ1) is 6.18. The molecule has 0 fully saturated rings. The minimum Gasteiger partial charge on any atom is -0.508 e. The smallest absolute Gasteiger partial charge is 0.310 e. The molecular formula is C10H10O3. The van der Waals surface area contributed by atoms with Crippen molar-refractivity contribution < 1.29 is 15.0 Å². The molecule has 1 unspecified atom stereocenters. The third-order valence-corrected chi connectivity index (χ3v) is 2.50. The first-order valence-electron chi connectivity index (χ1n) is 4.23. The van der Waals surface area contributed by atoms with E-state index < -0.39 is 5.97 Å². The number of aromatic hydroxyl groups is 1. The summed E-state index contributed by atoms with van der Waals surface area (Å²) in [5.41, 5.74) is 1.82. The largest absolute Gasteiger partial charge is 0.508 e. The Morgan fingerprint density at radius 1 is 1.46 bits per heavy atom. The van der Waals surface area contributed by atoms with Crippen LogP contribution in [0, 0.1) is 0 Å². The molecule has 1 aromatic carbocycles. The zero-order chi connectivity index (χ0) is 9.42. The fourth-order valence-corrected chi connectivity index (χ4v) is 1.86. The third-order valence-electron chi connectivity index (χ3n) is 2.50. The van der Waals surface area contributed by atoms with Gasteiger partial charge in [0.1, 0.15) is 5.75 Å². The number of phenolic OH excluding ortho intramolecular Hbond substituents is 1. The summed E-state index contributed by atoms with van der Waals surface area (Å²) in [6.07, 6.45) is 1.40. The number of fused-ring (bicyclic) bond motifs is 1. The van der Waals surface area contributed by atoms with Crippen LogP contribution in [0.3, 0.4) is 0 Å². The minimum absolute atomic E-state index is 0.213. The molecule has 0 amide bonds. The second-order valence-corrected chi connectivity index (χ2v) is 3.31. The highest BCUT2D eigenvalue weighted by atomic mass is 16.4. The monoisotopic (exact) mass is 178 g/mol. The summed E-state index contributed by atoms with van der Waals surface area (Å²) < 4.78 is 0. The fourth-order valence-electron chi connectivity index (χ4n) is 1.86. The highest BCUT2D eigenvalue weighted by Gasteiger charge is 2.28. The molecule has 0 aliphatic heterocycles. The van der Waals surface area contributed by atoms with E-state index >= 15 is 0 Å². The van der Waals surface area contributed by atoms with Gasteiger partial charge in [0.2, 0.25) is 0 Å². The average Bonchev–Trinajstić information content (AvgIpc) is 2.46. The molecule has 0 heterocycles. The van der Waals surface area contributed by atoms with Crippen LogP contribution < -0.4 is 0 Å². The summed E-state index contributed by atoms with van der Waals surface area (Å²) in [7, 11) is 0. The first-order valence-corrected chi connectivity index (χ1v) is 4.23. The molecule has 1 aliphatic carbocycles. The van der Waals surface area contributed by atoms with Crippen molar-refractivity contribution in [2.24, 2.45) is 0 Å². The molecule has 0 saturated carbocycles. The van der Waals surface area contributed by atoms with Crippen molar-refractivity contribution in [2.45, 2.75) is 18.8 Å². The number of hydrogen-bond donors (Lipinski definition) is 2. The highest BCUT2D eigenvalue weighted by molar-refractivity contribution is 5.78. The van der Waals surface area contributed by atoms with Gasteiger partial charge in [-0.25, -0.2) is 0 Å². The van der Waals surface area contributed by atoms with Crippen LogP contribution in [0.25, 0.3) is 0 Å². The molecule has 3 heteroatoms. The summed E-state index contributed by atoms with van der Waals surface area (Å²) in [6.45, 7) is 0. The van der Waals surface area contributed by atoms with E-state index in [2.05, 4.69) is 0 Å². The highest BCUT2D eigenvalue weighted by Crippen LogP contribution is 2.34. The predicted octanol–water partition coefficient (Wildman–Crippen LogP) is 1.51. The number of benzene rings is 1. The van der Waals surface area contributed by atoms with E-state index in [1.807, 2.05) is 0 Å². The minimum atomic E-state index is -0.774. The molecule has 0 saturated heterocycles. The van der Waals surface area contributed by atoms with E-state index in [9.17, 15) is 9.90 Å². The van der Waals surface area contributed by atoms with Crippen molar-refractivity contribution in [1.29, 1.82) is 0 Å². The van der Waals surface area contributed by atoms with Gasteiger partial charge >= 0.3 is 5.97 Å². The Hall–Kier alpha value is -1.51. The summed E-state index contributed by atoms with van der Waals surface area (Å²) in [5, 5.41) is 18.0. The average molecular weight is 178 g/mol. The van der Waals surface area contributed by atoms with Gasteiger partial charge in [-0.1, -0.05) is 6.07 Å². The van der Waals surface area contributed by atoms with Crippen molar-refractivity contribution in [1.82, 2.24) is 0 Å². The maximum Gasteiger partial charge on any atom is 0.310 e. The standard InChI is InChI=1S/C10H10O3/c11-7-2-4-8-6(5-7)1-3-9(8)10(12)13/h2,4-5,9,11H,1,3H2,(H,12,13). The Morgan fingerprint density at radius 2 is 2.23 bits per heavy atom. The van der Waals surface area contributed by atoms with E-state index in [0.29, 0.717) is 6.42 Å². The lowest BCUT2D eigenvalue weighted by molar-refractivity contribution is -0.138. The molecule has 13 heavy (non-hydrogen) atoms. The van der Waals surface area contributed by atoms with Crippen LogP contribution in [0.4, 0.5) is 0 Å². The van der Waals surface area contributed by atoms with Gasteiger partial charge in [-0.2, -0.15) is 0 Å². The molecule has 2 N–H and O–H groups in total. The molecule has 1 atom stereocenters. The topological polar surface area (TPSA) is 57.5 Å². The Morgan fingerprint density at radius 3 is 2.92 bits per heavy atom. The van der Waals surface area contributed by atoms with Crippen molar-refractivity contribution in [3.8, 4) is 5.75 Å². The SMILES string of the molecule is O=C(O)C1CCc2cc(O)ccc21. The number of aliphatic carboxylic acids is 1. The summed E-state index contributed by atoms with van der Waals surface area (Å²) >= 11 is 0. The quantitative estimate of drug-likeness (QED) is 0.685. The molecule has 2 rings (SSSR count). The molecule has 68 valence electrons. The van der Waals surface area contributed by atoms with Gasteiger partial charge in [-0.05, 0) is 36.1 Å². The van der Waals surface area contributed by atoms with Gasteiger partial charge in [0.25, 0.3) is 0 Å². The maximum absolute atomic E-state index is 10.8. The summed E-state index contributed by atoms with van der Waals surface area (Å²) in [6, 6.07) is 4.90. The second-order valence-electron chi connectivity index (χ2n) is 3.31. The van der Waals surface area contributed by atoms with Gasteiger partial charge in [0.15, 0.2) is 0 Å². The lowest BCUT2D eigenvalue weighted by atomic mass is 10.0. The van der Waals surface area contributed by atoms with Crippen molar-refractivity contribution in [3.63, 3.8) is 0 Å². The Labute approximate surface area is 75.6 Å². The number of carboxylic acid groups (broad SMARTS) is 1. The van der Waals surface area contributed by atoms with Crippen LogP contribution in [0.15, 0.2) is 18.2 Å². The third kappa shape index (κ3) is 1.26. The zero-order valence-electron chi connectivity index (χ0n) is 7.03. The number of hydrogen-bond acceptors (Lipinski definition) is 2. The number of carbonyl (C=O) groups is 1. The van der Waals surface area contributed by atoms with Crippen LogP contribution in [0.5, 0.6) is 5.75 Å². The van der Waals surface area contributed by atoms with Crippen molar-refractivity contribution in [3.05, 3.63) is 29.3 Å². The number of carboxylic acids is 1. The number of aryl methyl sites for hydroxylation is 1. The van der Waals surface area contributed by atoms with Gasteiger partial charge in [0.05, 0.1) is 5.92 Å². The molecule has 0 spiro atoms. The summed E-state index contributed by atoms with van der Waals surface area (Å²) in [4.78, 5) is 10.8. The van der Waals surface area contributed by atoms with E-state index in [4.69, 9.17) is 5.11 Å². The Bertz CT molecular complexity index is 357. The van der Waals surface area contributed by atoms with E-state index in [1.165, 1.54) is 0 Å². The first kappa shape index (κ1) is 8.10. The van der Waals surface area contributed by atoms with Crippen molar-refractivity contribution in [2.75, 3.05) is 0 Å². The predicted molar refractivity (Wildman–Crippen MR) is 46.8 cm³/mol. The van der Waals surface area contributed by atoms with E-state index in [-0.39, 0.29) is 11.7 Å². The van der Waals surface area contributed by atoms with Crippen LogP contribution in [0.2, 0.25) is 0 Å². The lowest BCUT2D eigenvalue weighted by Crippen LogP contribution is -2.07. The van der Waals surface area contributed by atoms with Gasteiger partial charge in [0, 0.05) is 0 Å². The molecule has 1 aliphatic rings. The van der Waals surface area contributed by atoms with Crippen molar-refractivity contribution >= 4 is 5.97 Å². The molecule has 0 radical (unpaired) electrons. The zero-order valence-corrected chi connectivity index (χ0v) is 7.03. The molecule has 0 bridgehead atoms. The van der Waals surface area contributed by atoms with Gasteiger partial charge in [-0.3, -0.25) is 4.79 Å².